The van der Waals surface area contributed by atoms with Crippen molar-refractivity contribution in [2.75, 3.05) is 10.6 Å². The fraction of sp³-hybridized carbons (Fsp3) is 0.304. The molecule has 1 fully saturated rings. The molecule has 1 heterocycles. The van der Waals surface area contributed by atoms with Gasteiger partial charge in [0.15, 0.2) is 0 Å². The number of aromatic nitrogens is 2. The van der Waals surface area contributed by atoms with Crippen LogP contribution in [0.4, 0.5) is 35.0 Å². The average Bonchev–Trinajstić information content (AvgIpc) is 2.75. The van der Waals surface area contributed by atoms with Crippen molar-refractivity contribution in [3.05, 3.63) is 59.4 Å². The zero-order valence-corrected chi connectivity index (χ0v) is 18.2. The van der Waals surface area contributed by atoms with E-state index in [1.807, 2.05) is 0 Å². The van der Waals surface area contributed by atoms with Crippen LogP contribution >= 0.6 is 11.6 Å². The van der Waals surface area contributed by atoms with Crippen LogP contribution in [0.25, 0.3) is 11.3 Å². The number of hydrogen-bond acceptors (Lipinski definition) is 5. The van der Waals surface area contributed by atoms with Crippen molar-refractivity contribution in [1.82, 2.24) is 9.97 Å². The molecule has 1 aromatic heterocycles. The Labute approximate surface area is 193 Å². The van der Waals surface area contributed by atoms with Gasteiger partial charge in [0.25, 0.3) is 0 Å². The second-order valence-corrected chi connectivity index (χ2v) is 8.17. The van der Waals surface area contributed by atoms with Gasteiger partial charge in [-0.3, -0.25) is 0 Å². The van der Waals surface area contributed by atoms with Crippen LogP contribution in [0.5, 0.6) is 5.75 Å². The van der Waals surface area contributed by atoms with Gasteiger partial charge in [-0.05, 0) is 43.2 Å². The van der Waals surface area contributed by atoms with E-state index in [1.165, 1.54) is 42.8 Å². The minimum Gasteiger partial charge on any atom is -0.406 e. The van der Waals surface area contributed by atoms with Gasteiger partial charge in [-0.1, -0.05) is 43.0 Å². The molecule has 2 aromatic carbocycles. The Balaban J connectivity index is 1.68. The number of ether oxygens (including phenoxy) is 1. The third-order valence-corrected chi connectivity index (χ3v) is 5.53. The first-order valence-electron chi connectivity index (χ1n) is 10.5. The molecule has 0 saturated heterocycles. The van der Waals surface area contributed by atoms with Gasteiger partial charge in [-0.15, -0.1) is 13.2 Å². The summed E-state index contributed by atoms with van der Waals surface area (Å²) < 4.78 is 55.4. The van der Waals surface area contributed by atoms with Crippen molar-refractivity contribution in [2.45, 2.75) is 44.5 Å². The fourth-order valence-corrected chi connectivity index (χ4v) is 3.95. The number of benzene rings is 2. The number of rotatable bonds is 6. The van der Waals surface area contributed by atoms with E-state index in [9.17, 15) is 17.6 Å². The number of anilines is 3. The molecule has 0 radical (unpaired) electrons. The quantitative estimate of drug-likeness (QED) is 0.362. The second kappa shape index (κ2) is 9.82. The SMILES string of the molecule is Fc1ccc(Nc2cc(-c3cccc(OC(F)(F)F)c3)nc(NC3CCCCC3)n2)c(Cl)c1. The largest absolute Gasteiger partial charge is 0.573 e. The lowest BCUT2D eigenvalue weighted by atomic mass is 9.96. The maximum atomic E-state index is 13.4. The van der Waals surface area contributed by atoms with Crippen molar-refractivity contribution < 1.29 is 22.3 Å². The smallest absolute Gasteiger partial charge is 0.406 e. The third-order valence-electron chi connectivity index (χ3n) is 5.22. The van der Waals surface area contributed by atoms with Crippen LogP contribution in [0.3, 0.4) is 0 Å². The van der Waals surface area contributed by atoms with E-state index in [1.54, 1.807) is 12.1 Å². The number of alkyl halides is 3. The van der Waals surface area contributed by atoms with Gasteiger partial charge in [0.2, 0.25) is 5.95 Å². The summed E-state index contributed by atoms with van der Waals surface area (Å²) in [5.41, 5.74) is 1.23. The molecule has 5 nitrogen and oxygen atoms in total. The normalized spacial score (nSPS) is 14.7. The van der Waals surface area contributed by atoms with Gasteiger partial charge >= 0.3 is 6.36 Å². The Hall–Kier alpha value is -3.07. The topological polar surface area (TPSA) is 59.1 Å². The summed E-state index contributed by atoms with van der Waals surface area (Å²) in [6, 6.07) is 11.3. The summed E-state index contributed by atoms with van der Waals surface area (Å²) in [6.07, 6.45) is 0.546. The molecule has 0 spiro atoms. The van der Waals surface area contributed by atoms with Gasteiger partial charge in [0.1, 0.15) is 17.4 Å². The van der Waals surface area contributed by atoms with E-state index >= 15 is 0 Å². The molecule has 10 heteroatoms. The lowest BCUT2D eigenvalue weighted by Crippen LogP contribution is -2.23. The highest BCUT2D eigenvalue weighted by Crippen LogP contribution is 2.31. The fourth-order valence-electron chi connectivity index (χ4n) is 3.73. The summed E-state index contributed by atoms with van der Waals surface area (Å²) in [5, 5.41) is 6.53. The predicted molar refractivity (Wildman–Crippen MR) is 119 cm³/mol. The Morgan fingerprint density at radius 3 is 2.48 bits per heavy atom. The standard InChI is InChI=1S/C23H21ClF4N4O/c24-18-12-15(25)9-10-19(18)30-21-13-20(14-5-4-8-17(11-14)33-23(26,27)28)31-22(32-21)29-16-6-2-1-3-7-16/h4-5,8-13,16H,1-3,6-7H2,(H2,29,30,31,32). The van der Waals surface area contributed by atoms with E-state index in [4.69, 9.17) is 11.6 Å². The average molecular weight is 481 g/mol. The van der Waals surface area contributed by atoms with Crippen molar-refractivity contribution in [2.24, 2.45) is 0 Å². The maximum Gasteiger partial charge on any atom is 0.573 e. The Morgan fingerprint density at radius 1 is 0.970 bits per heavy atom. The first-order valence-corrected chi connectivity index (χ1v) is 10.9. The Bertz CT molecular complexity index is 1120. The zero-order chi connectivity index (χ0) is 23.4. The van der Waals surface area contributed by atoms with Crippen LogP contribution in [0.15, 0.2) is 48.5 Å². The minimum atomic E-state index is -4.80. The highest BCUT2D eigenvalue weighted by atomic mass is 35.5. The lowest BCUT2D eigenvalue weighted by Gasteiger charge is -2.23. The molecule has 0 atom stereocenters. The van der Waals surface area contributed by atoms with Crippen LogP contribution in [0.1, 0.15) is 32.1 Å². The van der Waals surface area contributed by atoms with E-state index in [2.05, 4.69) is 25.3 Å². The number of nitrogens with one attached hydrogen (secondary N) is 2. The van der Waals surface area contributed by atoms with Gasteiger partial charge in [0, 0.05) is 17.7 Å². The van der Waals surface area contributed by atoms with Gasteiger partial charge in [0.05, 0.1) is 16.4 Å². The van der Waals surface area contributed by atoms with Crippen molar-refractivity contribution in [1.29, 1.82) is 0 Å². The van der Waals surface area contributed by atoms with Gasteiger partial charge < -0.3 is 15.4 Å². The Morgan fingerprint density at radius 2 is 1.76 bits per heavy atom. The van der Waals surface area contributed by atoms with Crippen molar-refractivity contribution in [3.63, 3.8) is 0 Å². The molecule has 0 unspecified atom stereocenters. The molecule has 0 amide bonds. The molecular weight excluding hydrogens is 460 g/mol. The number of halogens is 5. The van der Waals surface area contributed by atoms with Crippen LogP contribution in [-0.2, 0) is 0 Å². The summed E-state index contributed by atoms with van der Waals surface area (Å²) in [4.78, 5) is 9.02. The van der Waals surface area contributed by atoms with Gasteiger partial charge in [-0.25, -0.2) is 9.37 Å². The van der Waals surface area contributed by atoms with E-state index < -0.39 is 12.2 Å². The van der Waals surface area contributed by atoms with E-state index in [0.717, 1.165) is 25.7 Å². The zero-order valence-electron chi connectivity index (χ0n) is 17.4. The van der Waals surface area contributed by atoms with E-state index in [-0.39, 0.29) is 16.8 Å². The summed E-state index contributed by atoms with van der Waals surface area (Å²) in [5.74, 6) is -0.136. The van der Waals surface area contributed by atoms with Crippen LogP contribution in [0, 0.1) is 5.82 Å². The van der Waals surface area contributed by atoms with Crippen LogP contribution < -0.4 is 15.4 Å². The van der Waals surface area contributed by atoms with Crippen molar-refractivity contribution >= 4 is 29.1 Å². The monoisotopic (exact) mass is 480 g/mol. The molecule has 1 aliphatic rings. The van der Waals surface area contributed by atoms with Gasteiger partial charge in [-0.2, -0.15) is 4.98 Å². The van der Waals surface area contributed by atoms with E-state index in [0.29, 0.717) is 28.7 Å². The molecular formula is C23H21ClF4N4O. The predicted octanol–water partition coefficient (Wildman–Crippen LogP) is 7.32. The molecule has 0 aliphatic heterocycles. The highest BCUT2D eigenvalue weighted by molar-refractivity contribution is 6.33. The van der Waals surface area contributed by atoms with Crippen molar-refractivity contribution in [3.8, 4) is 17.0 Å². The molecule has 2 N–H and O–H groups in total. The lowest BCUT2D eigenvalue weighted by molar-refractivity contribution is -0.274. The molecule has 33 heavy (non-hydrogen) atoms. The first kappa shape index (κ1) is 23.1. The maximum absolute atomic E-state index is 13.4. The molecule has 1 aliphatic carbocycles. The number of nitrogens with zero attached hydrogens (tertiary/aromatic N) is 2. The summed E-state index contributed by atoms with van der Waals surface area (Å²) >= 11 is 6.13. The summed E-state index contributed by atoms with van der Waals surface area (Å²) in [7, 11) is 0. The molecule has 1 saturated carbocycles. The minimum absolute atomic E-state index is 0.164. The number of hydrogen-bond donors (Lipinski definition) is 2. The molecule has 174 valence electrons. The molecule has 3 aromatic rings. The molecule has 4 rings (SSSR count). The third kappa shape index (κ3) is 6.47. The summed E-state index contributed by atoms with van der Waals surface area (Å²) in [6.45, 7) is 0. The first-order chi connectivity index (χ1) is 15.7. The molecule has 0 bridgehead atoms. The van der Waals surface area contributed by atoms with Crippen LogP contribution in [0.2, 0.25) is 5.02 Å². The van der Waals surface area contributed by atoms with Crippen LogP contribution in [-0.4, -0.2) is 22.4 Å². The Kier molecular flexibility index (Phi) is 6.88. The second-order valence-electron chi connectivity index (χ2n) is 7.77. The highest BCUT2D eigenvalue weighted by Gasteiger charge is 2.31.